The highest BCUT2D eigenvalue weighted by Gasteiger charge is 2.33. The van der Waals surface area contributed by atoms with Gasteiger partial charge in [0.05, 0.1) is 22.9 Å². The fourth-order valence-corrected chi connectivity index (χ4v) is 5.99. The van der Waals surface area contributed by atoms with Crippen LogP contribution in [0.2, 0.25) is 5.02 Å². The van der Waals surface area contributed by atoms with Crippen LogP contribution in [0.1, 0.15) is 63.2 Å². The monoisotopic (exact) mass is 625 g/mol. The van der Waals surface area contributed by atoms with Gasteiger partial charge in [0.2, 0.25) is 5.91 Å². The molecule has 4 rings (SSSR count). The molecule has 12 heteroatoms. The van der Waals surface area contributed by atoms with E-state index in [1.54, 1.807) is 30.3 Å². The van der Waals surface area contributed by atoms with Crippen molar-refractivity contribution in [2.75, 3.05) is 16.8 Å². The van der Waals surface area contributed by atoms with E-state index in [2.05, 4.69) is 21.6 Å². The number of allylic oxidation sites excluding steroid dienone is 1. The number of benzene rings is 1. The van der Waals surface area contributed by atoms with E-state index in [-0.39, 0.29) is 35.8 Å². The van der Waals surface area contributed by atoms with Crippen LogP contribution in [0.25, 0.3) is 11.3 Å². The molecule has 10 nitrogen and oxygen atoms in total. The quantitative estimate of drug-likeness (QED) is 0.235. The summed E-state index contributed by atoms with van der Waals surface area (Å²) in [5.41, 5.74) is 1.44. The number of carbonyl (C=O) groups is 2. The number of hydrogen-bond donors (Lipinski definition) is 2. The van der Waals surface area contributed by atoms with E-state index >= 15 is 0 Å². The Morgan fingerprint density at radius 3 is 2.56 bits per heavy atom. The summed E-state index contributed by atoms with van der Waals surface area (Å²) in [5.74, 6) is -0.205. The maximum Gasteiger partial charge on any atom is 0.281 e. The second-order valence-corrected chi connectivity index (χ2v) is 12.5. The molecule has 1 aromatic carbocycles. The molecule has 3 aromatic rings. The first-order valence-corrected chi connectivity index (χ1v) is 16.1. The highest BCUT2D eigenvalue weighted by molar-refractivity contribution is 7.90. The predicted octanol–water partition coefficient (Wildman–Crippen LogP) is 5.99. The maximum atomic E-state index is 13.6. The van der Waals surface area contributed by atoms with Crippen molar-refractivity contribution >= 4 is 45.1 Å². The van der Waals surface area contributed by atoms with Gasteiger partial charge in [-0.05, 0) is 75.9 Å². The Kier molecular flexibility index (Phi) is 10.4. The van der Waals surface area contributed by atoms with Crippen molar-refractivity contribution in [1.29, 1.82) is 0 Å². The highest BCUT2D eigenvalue weighted by Crippen LogP contribution is 2.35. The molecule has 2 amide bonds. The van der Waals surface area contributed by atoms with E-state index in [1.807, 2.05) is 31.7 Å². The predicted molar refractivity (Wildman–Crippen MR) is 168 cm³/mol. The molecular formula is C31H36ClN5O5S. The molecule has 1 fully saturated rings. The zero-order valence-electron chi connectivity index (χ0n) is 24.5. The van der Waals surface area contributed by atoms with Crippen molar-refractivity contribution < 1.29 is 22.7 Å². The molecule has 0 bridgehead atoms. The largest absolute Gasteiger partial charge is 0.492 e. The Labute approximate surface area is 257 Å². The van der Waals surface area contributed by atoms with Gasteiger partial charge in [0.1, 0.15) is 17.4 Å². The lowest BCUT2D eigenvalue weighted by Gasteiger charge is -2.29. The number of pyridine rings is 2. The average Bonchev–Trinajstić information content (AvgIpc) is 3.32. The van der Waals surface area contributed by atoms with Crippen molar-refractivity contribution in [3.05, 3.63) is 71.8 Å². The number of sulfonamides is 1. The number of halogens is 1. The van der Waals surface area contributed by atoms with Gasteiger partial charge in [-0.2, -0.15) is 8.42 Å². The number of anilines is 2. The number of carbonyl (C=O) groups excluding carboxylic acids is 2. The molecule has 2 N–H and O–H groups in total. The summed E-state index contributed by atoms with van der Waals surface area (Å²) in [7, 11) is -4.39. The van der Waals surface area contributed by atoms with Crippen molar-refractivity contribution in [3.8, 4) is 17.0 Å². The van der Waals surface area contributed by atoms with Crippen LogP contribution in [-0.4, -0.2) is 48.9 Å². The summed E-state index contributed by atoms with van der Waals surface area (Å²) < 4.78 is 34.4. The van der Waals surface area contributed by atoms with Crippen molar-refractivity contribution in [1.82, 2.24) is 14.7 Å². The third kappa shape index (κ3) is 7.71. The molecule has 0 spiro atoms. The van der Waals surface area contributed by atoms with Crippen LogP contribution in [0.4, 0.5) is 11.6 Å². The van der Waals surface area contributed by atoms with E-state index in [0.717, 1.165) is 24.8 Å². The van der Waals surface area contributed by atoms with Crippen LogP contribution < -0.4 is 19.7 Å². The highest BCUT2D eigenvalue weighted by atomic mass is 35.5. The smallest absolute Gasteiger partial charge is 0.281 e. The number of ether oxygens (including phenoxy) is 1. The van der Waals surface area contributed by atoms with E-state index < -0.39 is 21.0 Å². The normalized spacial score (nSPS) is 16.5. The van der Waals surface area contributed by atoms with Crippen molar-refractivity contribution in [3.63, 3.8) is 0 Å². The lowest BCUT2D eigenvalue weighted by molar-refractivity contribution is -0.116. The lowest BCUT2D eigenvalue weighted by Crippen LogP contribution is -2.37. The number of rotatable bonds is 12. The molecule has 0 aliphatic carbocycles. The third-order valence-corrected chi connectivity index (χ3v) is 8.62. The molecule has 1 aliphatic heterocycles. The first-order chi connectivity index (χ1) is 20.5. The molecule has 228 valence electrons. The van der Waals surface area contributed by atoms with E-state index in [9.17, 15) is 18.0 Å². The second-order valence-electron chi connectivity index (χ2n) is 10.4. The number of nitrogens with one attached hydrogen (secondary N) is 2. The van der Waals surface area contributed by atoms with Crippen LogP contribution in [0.5, 0.6) is 5.75 Å². The van der Waals surface area contributed by atoms with Gasteiger partial charge in [0, 0.05) is 24.1 Å². The minimum Gasteiger partial charge on any atom is -0.492 e. The summed E-state index contributed by atoms with van der Waals surface area (Å²) in [4.78, 5) is 36.6. The number of amides is 2. The van der Waals surface area contributed by atoms with Gasteiger partial charge in [-0.15, -0.1) is 6.58 Å². The summed E-state index contributed by atoms with van der Waals surface area (Å²) in [6.07, 6.45) is 4.88. The number of nitrogens with zero attached hydrogens (tertiary/aromatic N) is 3. The first-order valence-electron chi connectivity index (χ1n) is 14.2. The van der Waals surface area contributed by atoms with E-state index in [0.29, 0.717) is 35.3 Å². The van der Waals surface area contributed by atoms with E-state index in [1.165, 1.54) is 18.2 Å². The van der Waals surface area contributed by atoms with Gasteiger partial charge in [0.25, 0.3) is 15.9 Å². The molecule has 0 radical (unpaired) electrons. The zero-order valence-corrected chi connectivity index (χ0v) is 26.0. The van der Waals surface area contributed by atoms with Gasteiger partial charge in [-0.1, -0.05) is 36.7 Å². The maximum absolute atomic E-state index is 13.6. The van der Waals surface area contributed by atoms with Gasteiger partial charge < -0.3 is 15.0 Å². The SMILES string of the molecule is C=CCCC(=O)Nc1cccc(S(=O)(=O)NC(=O)c2ccc(-c3ccc(Cl)c(OCCC)c3)nc2N2[C@H](C)CC[C@@H]2C)n1. The van der Waals surface area contributed by atoms with E-state index in [4.69, 9.17) is 21.3 Å². The van der Waals surface area contributed by atoms with Crippen LogP contribution in [0, 0.1) is 0 Å². The minimum atomic E-state index is -4.39. The molecular weight excluding hydrogens is 590 g/mol. The summed E-state index contributed by atoms with van der Waals surface area (Å²) in [6.45, 7) is 10.2. The Balaban J connectivity index is 1.66. The molecule has 0 saturated carbocycles. The van der Waals surface area contributed by atoms with Crippen molar-refractivity contribution in [2.24, 2.45) is 0 Å². The minimum absolute atomic E-state index is 0.0565. The molecule has 3 heterocycles. The molecule has 1 aliphatic rings. The fraction of sp³-hybridized carbons (Fsp3) is 0.355. The third-order valence-electron chi connectivity index (χ3n) is 7.07. The first kappa shape index (κ1) is 32.0. The zero-order chi connectivity index (χ0) is 31.1. The van der Waals surface area contributed by atoms with Crippen LogP contribution >= 0.6 is 11.6 Å². The van der Waals surface area contributed by atoms with Crippen LogP contribution in [0.3, 0.4) is 0 Å². The standard InChI is InChI=1S/C31H36ClN5O5S/c1-5-7-10-28(38)34-27-9-8-11-29(35-27)43(40,41)36-31(39)23-15-17-25(33-30(23)37-20(3)12-13-21(37)4)22-14-16-24(32)26(19-22)42-18-6-2/h5,8-9,11,14-17,19-21H,1,6-7,10,12-13,18H2,2-4H3,(H,36,39)(H,34,35,38)/t20-,21+. The van der Waals surface area contributed by atoms with Crippen LogP contribution in [-0.2, 0) is 14.8 Å². The summed E-state index contributed by atoms with van der Waals surface area (Å²) >= 11 is 6.33. The van der Waals surface area contributed by atoms with Crippen molar-refractivity contribution in [2.45, 2.75) is 70.0 Å². The average molecular weight is 626 g/mol. The Bertz CT molecular complexity index is 1600. The Morgan fingerprint density at radius 2 is 1.86 bits per heavy atom. The topological polar surface area (TPSA) is 131 Å². The molecule has 1 saturated heterocycles. The van der Waals surface area contributed by atoms with Gasteiger partial charge >= 0.3 is 0 Å². The Morgan fingerprint density at radius 1 is 1.12 bits per heavy atom. The van der Waals surface area contributed by atoms with Gasteiger partial charge in [-0.3, -0.25) is 9.59 Å². The second kappa shape index (κ2) is 14.0. The molecule has 43 heavy (non-hydrogen) atoms. The lowest BCUT2D eigenvalue weighted by atomic mass is 10.1. The van der Waals surface area contributed by atoms with Gasteiger partial charge in [-0.25, -0.2) is 14.7 Å². The summed E-state index contributed by atoms with van der Waals surface area (Å²) in [6, 6.07) is 12.9. The molecule has 2 aromatic heterocycles. The number of hydrogen-bond acceptors (Lipinski definition) is 8. The Hall–Kier alpha value is -3.96. The molecule has 2 atom stereocenters. The number of aromatic nitrogens is 2. The van der Waals surface area contributed by atoms with Gasteiger partial charge in [0.15, 0.2) is 5.03 Å². The fourth-order valence-electron chi connectivity index (χ4n) is 4.88. The summed E-state index contributed by atoms with van der Waals surface area (Å²) in [5, 5.41) is 2.64. The molecule has 0 unspecified atom stereocenters. The van der Waals surface area contributed by atoms with Crippen LogP contribution in [0.15, 0.2) is 66.2 Å².